The van der Waals surface area contributed by atoms with Gasteiger partial charge in [0.1, 0.15) is 17.3 Å². The van der Waals surface area contributed by atoms with Crippen LogP contribution in [0.2, 0.25) is 0 Å². The number of para-hydroxylation sites is 1. The Morgan fingerprint density at radius 3 is 2.43 bits per heavy atom. The van der Waals surface area contributed by atoms with Crippen molar-refractivity contribution in [2.45, 2.75) is 13.3 Å². The molecule has 4 aromatic rings. The van der Waals surface area contributed by atoms with Crippen molar-refractivity contribution in [1.29, 1.82) is 0 Å². The number of oxazole rings is 1. The second-order valence-electron chi connectivity index (χ2n) is 6.14. The van der Waals surface area contributed by atoms with Crippen molar-refractivity contribution in [2.75, 3.05) is 14.2 Å². The maximum Gasteiger partial charge on any atom is 0.261 e. The molecule has 0 aliphatic carbocycles. The van der Waals surface area contributed by atoms with Gasteiger partial charge in [-0.1, -0.05) is 17.3 Å². The van der Waals surface area contributed by atoms with Crippen LogP contribution in [0.1, 0.15) is 17.3 Å². The van der Waals surface area contributed by atoms with Gasteiger partial charge in [0.2, 0.25) is 5.89 Å². The van der Waals surface area contributed by atoms with E-state index >= 15 is 0 Å². The van der Waals surface area contributed by atoms with Crippen LogP contribution >= 0.6 is 0 Å². The maximum atomic E-state index is 5.82. The molecule has 7 heteroatoms. The van der Waals surface area contributed by atoms with E-state index in [1.54, 1.807) is 14.2 Å². The van der Waals surface area contributed by atoms with Crippen LogP contribution in [-0.4, -0.2) is 29.3 Å². The van der Waals surface area contributed by atoms with Crippen LogP contribution < -0.4 is 9.47 Å². The summed E-state index contributed by atoms with van der Waals surface area (Å²) in [5, 5.41) is 4.07. The molecule has 0 saturated heterocycles. The number of ether oxygens (including phenoxy) is 2. The molecule has 0 aliphatic heterocycles. The van der Waals surface area contributed by atoms with Gasteiger partial charge in [-0.15, -0.1) is 0 Å². The van der Waals surface area contributed by atoms with Crippen molar-refractivity contribution in [3.05, 3.63) is 65.8 Å². The Labute approximate surface area is 161 Å². The topological polar surface area (TPSA) is 83.4 Å². The summed E-state index contributed by atoms with van der Waals surface area (Å²) in [6.45, 7) is 1.87. The minimum Gasteiger partial charge on any atom is -0.497 e. The second kappa shape index (κ2) is 7.56. The Morgan fingerprint density at radius 2 is 1.68 bits per heavy atom. The summed E-state index contributed by atoms with van der Waals surface area (Å²) in [7, 11) is 3.24. The lowest BCUT2D eigenvalue weighted by Gasteiger charge is -2.02. The Morgan fingerprint density at radius 1 is 0.893 bits per heavy atom. The van der Waals surface area contributed by atoms with Crippen LogP contribution in [0.3, 0.4) is 0 Å². The van der Waals surface area contributed by atoms with Gasteiger partial charge in [-0.2, -0.15) is 4.98 Å². The van der Waals surface area contributed by atoms with Crippen molar-refractivity contribution < 1.29 is 18.4 Å². The first kappa shape index (κ1) is 17.8. The lowest BCUT2D eigenvalue weighted by atomic mass is 10.2. The molecule has 0 amide bonds. The summed E-state index contributed by atoms with van der Waals surface area (Å²) in [5.41, 5.74) is 2.38. The summed E-state index contributed by atoms with van der Waals surface area (Å²) in [4.78, 5) is 9.07. The first-order valence-corrected chi connectivity index (χ1v) is 8.74. The zero-order chi connectivity index (χ0) is 19.5. The van der Waals surface area contributed by atoms with Crippen LogP contribution in [0.15, 0.2) is 57.5 Å². The number of methoxy groups -OCH3 is 2. The first-order valence-electron chi connectivity index (χ1n) is 8.74. The third-order valence-electron chi connectivity index (χ3n) is 4.36. The van der Waals surface area contributed by atoms with E-state index in [9.17, 15) is 0 Å². The van der Waals surface area contributed by atoms with E-state index in [4.69, 9.17) is 18.4 Å². The number of rotatable bonds is 6. The summed E-state index contributed by atoms with van der Waals surface area (Å²) in [5.74, 6) is 3.65. The van der Waals surface area contributed by atoms with Crippen molar-refractivity contribution in [2.24, 2.45) is 0 Å². The third kappa shape index (κ3) is 3.46. The van der Waals surface area contributed by atoms with E-state index in [0.29, 0.717) is 29.8 Å². The van der Waals surface area contributed by atoms with Gasteiger partial charge in [0.15, 0.2) is 5.82 Å². The van der Waals surface area contributed by atoms with Crippen LogP contribution in [0, 0.1) is 6.92 Å². The van der Waals surface area contributed by atoms with E-state index in [-0.39, 0.29) is 0 Å². The average molecular weight is 377 g/mol. The molecule has 0 fully saturated rings. The molecule has 142 valence electrons. The molecule has 2 aromatic carbocycles. The fourth-order valence-corrected chi connectivity index (χ4v) is 2.86. The Hall–Kier alpha value is -3.61. The summed E-state index contributed by atoms with van der Waals surface area (Å²) >= 11 is 0. The number of aryl methyl sites for hydroxylation is 1. The van der Waals surface area contributed by atoms with E-state index in [2.05, 4.69) is 15.1 Å². The average Bonchev–Trinajstić information content (AvgIpc) is 3.35. The zero-order valence-electron chi connectivity index (χ0n) is 15.8. The van der Waals surface area contributed by atoms with Crippen LogP contribution in [0.4, 0.5) is 0 Å². The minimum absolute atomic E-state index is 0.406. The molecule has 0 unspecified atom stereocenters. The molecular formula is C21H19N3O4. The van der Waals surface area contributed by atoms with Crippen LogP contribution in [-0.2, 0) is 6.42 Å². The highest BCUT2D eigenvalue weighted by molar-refractivity contribution is 5.62. The van der Waals surface area contributed by atoms with E-state index in [1.165, 1.54) is 0 Å². The molecule has 4 rings (SSSR count). The molecule has 0 spiro atoms. The van der Waals surface area contributed by atoms with Gasteiger partial charge in [0.05, 0.1) is 31.9 Å². The molecule has 0 bridgehead atoms. The fraction of sp³-hybridized carbons (Fsp3) is 0.190. The van der Waals surface area contributed by atoms with E-state index in [0.717, 1.165) is 28.3 Å². The highest BCUT2D eigenvalue weighted by Crippen LogP contribution is 2.29. The van der Waals surface area contributed by atoms with Gasteiger partial charge in [0.25, 0.3) is 5.89 Å². The Balaban J connectivity index is 1.57. The lowest BCUT2D eigenvalue weighted by Crippen LogP contribution is -1.94. The molecule has 0 atom stereocenters. The zero-order valence-corrected chi connectivity index (χ0v) is 15.8. The lowest BCUT2D eigenvalue weighted by molar-refractivity contribution is 0.403. The van der Waals surface area contributed by atoms with Crippen LogP contribution in [0.5, 0.6) is 11.5 Å². The van der Waals surface area contributed by atoms with Crippen molar-refractivity contribution in [3.63, 3.8) is 0 Å². The van der Waals surface area contributed by atoms with Gasteiger partial charge < -0.3 is 18.4 Å². The highest BCUT2D eigenvalue weighted by Gasteiger charge is 2.17. The molecule has 0 aliphatic rings. The molecule has 0 N–H and O–H groups in total. The third-order valence-corrected chi connectivity index (χ3v) is 4.36. The number of aromatic nitrogens is 3. The molecule has 28 heavy (non-hydrogen) atoms. The summed E-state index contributed by atoms with van der Waals surface area (Å²) in [6, 6.07) is 15.1. The number of hydrogen-bond acceptors (Lipinski definition) is 7. The Bertz CT molecular complexity index is 1080. The predicted octanol–water partition coefficient (Wildman–Crippen LogP) is 4.31. The molecule has 0 saturated carbocycles. The highest BCUT2D eigenvalue weighted by atomic mass is 16.5. The van der Waals surface area contributed by atoms with Gasteiger partial charge in [-0.25, -0.2) is 4.98 Å². The SMILES string of the molecule is COc1ccc(-c2nc(Cc3noc(-c4ccccc4OC)n3)c(C)o2)cc1. The van der Waals surface area contributed by atoms with Crippen molar-refractivity contribution >= 4 is 0 Å². The number of hydrogen-bond donors (Lipinski definition) is 0. The molecule has 7 nitrogen and oxygen atoms in total. The monoisotopic (exact) mass is 377 g/mol. The Kier molecular flexibility index (Phi) is 4.80. The van der Waals surface area contributed by atoms with Crippen molar-refractivity contribution in [1.82, 2.24) is 15.1 Å². The second-order valence-corrected chi connectivity index (χ2v) is 6.14. The van der Waals surface area contributed by atoms with Gasteiger partial charge in [0, 0.05) is 5.56 Å². The maximum absolute atomic E-state index is 5.82. The molecule has 2 heterocycles. The standard InChI is InChI=1S/C21H19N3O4/c1-13-17(22-20(27-13)14-8-10-15(25-2)11-9-14)12-19-23-21(28-24-19)16-6-4-5-7-18(16)26-3/h4-11H,12H2,1-3H3. The van der Waals surface area contributed by atoms with E-state index < -0.39 is 0 Å². The molecule has 2 aromatic heterocycles. The quantitative estimate of drug-likeness (QED) is 0.495. The smallest absolute Gasteiger partial charge is 0.261 e. The van der Waals surface area contributed by atoms with Crippen molar-refractivity contribution in [3.8, 4) is 34.4 Å². The van der Waals surface area contributed by atoms with Crippen LogP contribution in [0.25, 0.3) is 22.9 Å². The number of benzene rings is 2. The first-order chi connectivity index (χ1) is 13.7. The van der Waals surface area contributed by atoms with Gasteiger partial charge >= 0.3 is 0 Å². The minimum atomic E-state index is 0.406. The molecule has 0 radical (unpaired) electrons. The van der Waals surface area contributed by atoms with E-state index in [1.807, 2.05) is 55.5 Å². The normalized spacial score (nSPS) is 10.8. The fourth-order valence-electron chi connectivity index (χ4n) is 2.86. The summed E-state index contributed by atoms with van der Waals surface area (Å²) in [6.07, 6.45) is 0.407. The molecular weight excluding hydrogens is 358 g/mol. The number of nitrogens with zero attached hydrogens (tertiary/aromatic N) is 3. The predicted molar refractivity (Wildman–Crippen MR) is 102 cm³/mol. The summed E-state index contributed by atoms with van der Waals surface area (Å²) < 4.78 is 21.8. The van der Waals surface area contributed by atoms with Gasteiger partial charge in [-0.05, 0) is 43.3 Å². The van der Waals surface area contributed by atoms with Gasteiger partial charge in [-0.3, -0.25) is 0 Å². The largest absolute Gasteiger partial charge is 0.497 e.